The minimum atomic E-state index is -0.878. The fourth-order valence-corrected chi connectivity index (χ4v) is 2.63. The largest absolute Gasteiger partial charge is 0.493 e. The van der Waals surface area contributed by atoms with Crippen molar-refractivity contribution >= 4 is 11.9 Å². The Morgan fingerprint density at radius 2 is 2.14 bits per heavy atom. The quantitative estimate of drug-likeness (QED) is 0.838. The first-order chi connectivity index (χ1) is 10.5. The maximum absolute atomic E-state index is 12.5. The number of fused-ring (bicyclic) bond motifs is 1. The number of ether oxygens (including phenoxy) is 1. The first-order valence-corrected chi connectivity index (χ1v) is 7.70. The fourth-order valence-electron chi connectivity index (χ4n) is 2.63. The van der Waals surface area contributed by atoms with Gasteiger partial charge in [-0.15, -0.1) is 0 Å². The smallest absolute Gasteiger partial charge is 0.305 e. The highest BCUT2D eigenvalue weighted by Crippen LogP contribution is 2.26. The molecule has 22 heavy (non-hydrogen) atoms. The van der Waals surface area contributed by atoms with Crippen molar-refractivity contribution in [3.05, 3.63) is 29.3 Å². The van der Waals surface area contributed by atoms with Crippen molar-refractivity contribution in [1.29, 1.82) is 0 Å². The zero-order chi connectivity index (χ0) is 16.1. The SMILES string of the molecule is CC(C)CN(CCC(=O)O)C(=O)Cc1ccc2c(c1)CCO2. The van der Waals surface area contributed by atoms with Crippen molar-refractivity contribution in [2.24, 2.45) is 5.92 Å². The molecule has 0 saturated carbocycles. The molecule has 2 rings (SSSR count). The highest BCUT2D eigenvalue weighted by atomic mass is 16.5. The van der Waals surface area contributed by atoms with Crippen molar-refractivity contribution in [1.82, 2.24) is 4.90 Å². The second kappa shape index (κ2) is 7.29. The average molecular weight is 305 g/mol. The van der Waals surface area contributed by atoms with E-state index in [0.29, 0.717) is 25.5 Å². The molecule has 1 amide bonds. The monoisotopic (exact) mass is 305 g/mol. The van der Waals surface area contributed by atoms with Gasteiger partial charge in [-0.3, -0.25) is 9.59 Å². The molecule has 5 nitrogen and oxygen atoms in total. The van der Waals surface area contributed by atoms with E-state index in [-0.39, 0.29) is 18.9 Å². The Morgan fingerprint density at radius 1 is 1.36 bits per heavy atom. The second-order valence-electron chi connectivity index (χ2n) is 6.09. The highest BCUT2D eigenvalue weighted by molar-refractivity contribution is 5.79. The molecule has 0 spiro atoms. The standard InChI is InChI=1S/C17H23NO4/c1-12(2)11-18(7-5-17(20)21)16(19)10-13-3-4-15-14(9-13)6-8-22-15/h3-4,9,12H,5-8,10-11H2,1-2H3,(H,20,21). The summed E-state index contributed by atoms with van der Waals surface area (Å²) >= 11 is 0. The average Bonchev–Trinajstić information content (AvgIpc) is 2.90. The molecule has 120 valence electrons. The molecule has 1 aliphatic rings. The third-order valence-corrected chi connectivity index (χ3v) is 3.64. The molecular weight excluding hydrogens is 282 g/mol. The highest BCUT2D eigenvalue weighted by Gasteiger charge is 2.18. The summed E-state index contributed by atoms with van der Waals surface area (Å²) in [7, 11) is 0. The number of hydrogen-bond acceptors (Lipinski definition) is 3. The maximum Gasteiger partial charge on any atom is 0.305 e. The van der Waals surface area contributed by atoms with Gasteiger partial charge in [0.15, 0.2) is 0 Å². The summed E-state index contributed by atoms with van der Waals surface area (Å²) in [5.74, 6) is 0.317. The van der Waals surface area contributed by atoms with Crippen molar-refractivity contribution < 1.29 is 19.4 Å². The van der Waals surface area contributed by atoms with Gasteiger partial charge in [-0.05, 0) is 23.1 Å². The predicted octanol–water partition coefficient (Wildman–Crippen LogP) is 2.12. The number of hydrogen-bond donors (Lipinski definition) is 1. The number of aliphatic carboxylic acids is 1. The topological polar surface area (TPSA) is 66.8 Å². The van der Waals surface area contributed by atoms with E-state index in [1.54, 1.807) is 4.90 Å². The third kappa shape index (κ3) is 4.48. The van der Waals surface area contributed by atoms with Gasteiger partial charge in [0, 0.05) is 19.5 Å². The van der Waals surface area contributed by atoms with Gasteiger partial charge in [0.2, 0.25) is 5.91 Å². The van der Waals surface area contributed by atoms with Crippen LogP contribution in [0.15, 0.2) is 18.2 Å². The first kappa shape index (κ1) is 16.3. The number of carboxylic acids is 1. The molecule has 0 aromatic heterocycles. The van der Waals surface area contributed by atoms with Crippen molar-refractivity contribution in [2.75, 3.05) is 19.7 Å². The Morgan fingerprint density at radius 3 is 2.82 bits per heavy atom. The Kier molecular flexibility index (Phi) is 5.41. The summed E-state index contributed by atoms with van der Waals surface area (Å²) in [6.07, 6.45) is 1.17. The Labute approximate surface area is 130 Å². The number of carboxylic acid groups (broad SMARTS) is 1. The van der Waals surface area contributed by atoms with Crippen LogP contribution in [0.3, 0.4) is 0 Å². The minimum absolute atomic E-state index is 0.0174. The van der Waals surface area contributed by atoms with E-state index in [4.69, 9.17) is 9.84 Å². The number of benzene rings is 1. The van der Waals surface area contributed by atoms with Crippen LogP contribution in [0.5, 0.6) is 5.75 Å². The minimum Gasteiger partial charge on any atom is -0.493 e. The molecule has 1 aromatic carbocycles. The molecule has 0 unspecified atom stereocenters. The summed E-state index contributed by atoms with van der Waals surface area (Å²) < 4.78 is 5.46. The predicted molar refractivity (Wildman–Crippen MR) is 83.0 cm³/mol. The summed E-state index contributed by atoms with van der Waals surface area (Å²) in [6.45, 7) is 5.59. The molecule has 0 aliphatic carbocycles. The molecule has 1 aliphatic heterocycles. The van der Waals surface area contributed by atoms with Crippen LogP contribution in [0.2, 0.25) is 0 Å². The Hall–Kier alpha value is -2.04. The van der Waals surface area contributed by atoms with E-state index in [2.05, 4.69) is 0 Å². The molecule has 1 N–H and O–H groups in total. The molecule has 0 radical (unpaired) electrons. The van der Waals surface area contributed by atoms with Gasteiger partial charge in [0.25, 0.3) is 0 Å². The molecule has 0 bridgehead atoms. The van der Waals surface area contributed by atoms with E-state index >= 15 is 0 Å². The molecule has 1 heterocycles. The molecule has 5 heteroatoms. The van der Waals surface area contributed by atoms with E-state index in [1.807, 2.05) is 32.0 Å². The molecule has 0 saturated heterocycles. The number of rotatable bonds is 7. The normalized spacial score (nSPS) is 12.9. The van der Waals surface area contributed by atoms with E-state index < -0.39 is 5.97 Å². The lowest BCUT2D eigenvalue weighted by Crippen LogP contribution is -2.37. The number of carbonyl (C=O) groups is 2. The van der Waals surface area contributed by atoms with Crippen LogP contribution in [0.25, 0.3) is 0 Å². The summed E-state index contributed by atoms with van der Waals surface area (Å²) in [6, 6.07) is 5.84. The van der Waals surface area contributed by atoms with Crippen LogP contribution in [0.4, 0.5) is 0 Å². The van der Waals surface area contributed by atoms with Crippen LogP contribution in [0, 0.1) is 5.92 Å². The van der Waals surface area contributed by atoms with Gasteiger partial charge in [-0.25, -0.2) is 0 Å². The van der Waals surface area contributed by atoms with Gasteiger partial charge < -0.3 is 14.7 Å². The molecule has 1 aromatic rings. The summed E-state index contributed by atoms with van der Waals surface area (Å²) in [5.41, 5.74) is 2.10. The molecule has 0 fully saturated rings. The van der Waals surface area contributed by atoms with Gasteiger partial charge in [0.1, 0.15) is 5.75 Å². The summed E-state index contributed by atoms with van der Waals surface area (Å²) in [5, 5.41) is 8.82. The van der Waals surface area contributed by atoms with Crippen LogP contribution in [-0.4, -0.2) is 41.6 Å². The number of amides is 1. The zero-order valence-corrected chi connectivity index (χ0v) is 13.2. The lowest BCUT2D eigenvalue weighted by atomic mass is 10.1. The van der Waals surface area contributed by atoms with Gasteiger partial charge in [-0.1, -0.05) is 26.0 Å². The van der Waals surface area contributed by atoms with Gasteiger partial charge in [0.05, 0.1) is 19.4 Å². The summed E-state index contributed by atoms with van der Waals surface area (Å²) in [4.78, 5) is 24.9. The van der Waals surface area contributed by atoms with E-state index in [9.17, 15) is 9.59 Å². The van der Waals surface area contributed by atoms with Crippen LogP contribution < -0.4 is 4.74 Å². The van der Waals surface area contributed by atoms with Gasteiger partial charge in [-0.2, -0.15) is 0 Å². The van der Waals surface area contributed by atoms with E-state index in [1.165, 1.54) is 0 Å². The Bertz CT molecular complexity index is 554. The number of carbonyl (C=O) groups excluding carboxylic acids is 1. The third-order valence-electron chi connectivity index (χ3n) is 3.64. The lowest BCUT2D eigenvalue weighted by Gasteiger charge is -2.24. The fraction of sp³-hybridized carbons (Fsp3) is 0.529. The maximum atomic E-state index is 12.5. The number of nitrogens with zero attached hydrogens (tertiary/aromatic N) is 1. The van der Waals surface area contributed by atoms with E-state index in [0.717, 1.165) is 23.3 Å². The van der Waals surface area contributed by atoms with Crippen LogP contribution >= 0.6 is 0 Å². The van der Waals surface area contributed by atoms with Crippen molar-refractivity contribution in [2.45, 2.75) is 33.1 Å². The lowest BCUT2D eigenvalue weighted by molar-refractivity contribution is -0.138. The molecule has 0 atom stereocenters. The first-order valence-electron chi connectivity index (χ1n) is 7.70. The Balaban J connectivity index is 2.01. The molecular formula is C17H23NO4. The van der Waals surface area contributed by atoms with Gasteiger partial charge >= 0.3 is 5.97 Å². The zero-order valence-electron chi connectivity index (χ0n) is 13.2. The van der Waals surface area contributed by atoms with Crippen molar-refractivity contribution in [3.63, 3.8) is 0 Å². The van der Waals surface area contributed by atoms with Crippen LogP contribution in [-0.2, 0) is 22.4 Å². The van der Waals surface area contributed by atoms with Crippen molar-refractivity contribution in [3.8, 4) is 5.75 Å². The van der Waals surface area contributed by atoms with Crippen LogP contribution in [0.1, 0.15) is 31.4 Å². The second-order valence-corrected chi connectivity index (χ2v) is 6.09.